The van der Waals surface area contributed by atoms with Crippen LogP contribution in [0.5, 0.6) is 0 Å². The lowest BCUT2D eigenvalue weighted by molar-refractivity contribution is -0.150. The zero-order valence-corrected chi connectivity index (χ0v) is 15.1. The normalized spacial score (nSPS) is 18.0. The molecule has 0 radical (unpaired) electrons. The van der Waals surface area contributed by atoms with E-state index in [0.29, 0.717) is 30.9 Å². The van der Waals surface area contributed by atoms with Crippen molar-refractivity contribution in [1.29, 1.82) is 0 Å². The van der Waals surface area contributed by atoms with Gasteiger partial charge in [-0.3, -0.25) is 14.4 Å². The third kappa shape index (κ3) is 4.86. The molecule has 1 heterocycles. The Morgan fingerprint density at radius 2 is 1.91 bits per heavy atom. The van der Waals surface area contributed by atoms with E-state index in [0.717, 1.165) is 12.8 Å². The highest BCUT2D eigenvalue weighted by Gasteiger charge is 2.38. The summed E-state index contributed by atoms with van der Waals surface area (Å²) >= 11 is 1.56. The first kappa shape index (κ1) is 19.8. The third-order valence-electron chi connectivity index (χ3n) is 4.66. The van der Waals surface area contributed by atoms with Crippen molar-refractivity contribution in [3.8, 4) is 0 Å². The van der Waals surface area contributed by atoms with Crippen molar-refractivity contribution >= 4 is 29.5 Å². The van der Waals surface area contributed by atoms with Crippen LogP contribution in [0, 0.1) is 5.41 Å². The molecule has 132 valence electrons. The number of nitrogens with one attached hydrogen (secondary N) is 1. The molecule has 0 saturated carbocycles. The molecule has 1 atom stereocenters. The minimum absolute atomic E-state index is 0.00693. The standard InChI is InChI=1S/C16H28N2O4S/c1-4-7-8-13(19)18-11-23-9-12(18)14(20)17-10-16(5-2,6-3)15(21)22/h12H,4-11H2,1-3H3,(H,17,20)(H,21,22). The van der Waals surface area contributed by atoms with Crippen molar-refractivity contribution in [2.75, 3.05) is 18.2 Å². The molecule has 1 saturated heterocycles. The Morgan fingerprint density at radius 1 is 1.26 bits per heavy atom. The van der Waals surface area contributed by atoms with Gasteiger partial charge in [0.05, 0.1) is 11.3 Å². The van der Waals surface area contributed by atoms with Crippen molar-refractivity contribution < 1.29 is 19.5 Å². The van der Waals surface area contributed by atoms with E-state index in [2.05, 4.69) is 5.32 Å². The fourth-order valence-electron chi connectivity index (χ4n) is 2.63. The predicted molar refractivity (Wildman–Crippen MR) is 91.1 cm³/mol. The van der Waals surface area contributed by atoms with Crippen LogP contribution in [0.25, 0.3) is 0 Å². The molecule has 2 N–H and O–H groups in total. The number of carboxylic acid groups (broad SMARTS) is 1. The average Bonchev–Trinajstić information content (AvgIpc) is 3.03. The molecule has 0 spiro atoms. The van der Waals surface area contributed by atoms with E-state index in [1.807, 2.05) is 20.8 Å². The van der Waals surface area contributed by atoms with Gasteiger partial charge in [-0.15, -0.1) is 11.8 Å². The van der Waals surface area contributed by atoms with Gasteiger partial charge in [0.1, 0.15) is 6.04 Å². The summed E-state index contributed by atoms with van der Waals surface area (Å²) in [5.41, 5.74) is -0.932. The van der Waals surface area contributed by atoms with E-state index in [1.54, 1.807) is 16.7 Å². The Morgan fingerprint density at radius 3 is 2.43 bits per heavy atom. The van der Waals surface area contributed by atoms with Crippen LogP contribution in [0.3, 0.4) is 0 Å². The van der Waals surface area contributed by atoms with Crippen LogP contribution in [-0.2, 0) is 14.4 Å². The van der Waals surface area contributed by atoms with Crippen LogP contribution in [0.2, 0.25) is 0 Å². The van der Waals surface area contributed by atoms with Gasteiger partial charge >= 0.3 is 5.97 Å². The highest BCUT2D eigenvalue weighted by molar-refractivity contribution is 7.99. The van der Waals surface area contributed by atoms with Gasteiger partial charge in [-0.25, -0.2) is 0 Å². The summed E-state index contributed by atoms with van der Waals surface area (Å²) in [7, 11) is 0. The first-order chi connectivity index (χ1) is 10.9. The largest absolute Gasteiger partial charge is 0.481 e. The number of nitrogens with zero attached hydrogens (tertiary/aromatic N) is 1. The highest BCUT2D eigenvalue weighted by atomic mass is 32.2. The number of hydrogen-bond acceptors (Lipinski definition) is 4. The van der Waals surface area contributed by atoms with E-state index < -0.39 is 17.4 Å². The molecule has 6 nitrogen and oxygen atoms in total. The van der Waals surface area contributed by atoms with Gasteiger partial charge in [0, 0.05) is 18.7 Å². The van der Waals surface area contributed by atoms with Crippen LogP contribution in [0.4, 0.5) is 0 Å². The minimum Gasteiger partial charge on any atom is -0.481 e. The van der Waals surface area contributed by atoms with Gasteiger partial charge in [-0.2, -0.15) is 0 Å². The average molecular weight is 344 g/mol. The summed E-state index contributed by atoms with van der Waals surface area (Å²) in [6.07, 6.45) is 3.14. The molecule has 23 heavy (non-hydrogen) atoms. The maximum Gasteiger partial charge on any atom is 0.311 e. The predicted octanol–water partition coefficient (Wildman–Crippen LogP) is 2.09. The number of carbonyl (C=O) groups excluding carboxylic acids is 2. The Hall–Kier alpha value is -1.24. The summed E-state index contributed by atoms with van der Waals surface area (Å²) < 4.78 is 0. The van der Waals surface area contributed by atoms with E-state index in [-0.39, 0.29) is 18.4 Å². The van der Waals surface area contributed by atoms with Crippen molar-refractivity contribution in [3.05, 3.63) is 0 Å². The fourth-order valence-corrected chi connectivity index (χ4v) is 3.81. The van der Waals surface area contributed by atoms with Gasteiger partial charge in [0.2, 0.25) is 11.8 Å². The molecule has 1 aliphatic rings. The summed E-state index contributed by atoms with van der Waals surface area (Å²) in [4.78, 5) is 37.7. The zero-order valence-electron chi connectivity index (χ0n) is 14.3. The Kier molecular flexibility index (Phi) is 7.88. The van der Waals surface area contributed by atoms with Crippen LogP contribution in [0.15, 0.2) is 0 Å². The molecule has 1 aliphatic heterocycles. The monoisotopic (exact) mass is 344 g/mol. The molecule has 1 rings (SSSR count). The van der Waals surface area contributed by atoms with E-state index >= 15 is 0 Å². The lowest BCUT2D eigenvalue weighted by Gasteiger charge is -2.29. The highest BCUT2D eigenvalue weighted by Crippen LogP contribution is 2.27. The molecule has 2 amide bonds. The number of unbranched alkanes of at least 4 members (excludes halogenated alkanes) is 1. The van der Waals surface area contributed by atoms with Gasteiger partial charge in [-0.1, -0.05) is 27.2 Å². The molecule has 1 fully saturated rings. The summed E-state index contributed by atoms with van der Waals surface area (Å²) in [5.74, 6) is -0.0202. The van der Waals surface area contributed by atoms with Crippen molar-refractivity contribution in [2.45, 2.75) is 58.9 Å². The molecule has 7 heteroatoms. The maximum absolute atomic E-state index is 12.4. The smallest absolute Gasteiger partial charge is 0.311 e. The Labute approximate surface area is 142 Å². The molecule has 0 aromatic carbocycles. The number of rotatable bonds is 9. The zero-order chi connectivity index (χ0) is 17.5. The van der Waals surface area contributed by atoms with Crippen LogP contribution >= 0.6 is 11.8 Å². The second-order valence-electron chi connectivity index (χ2n) is 5.99. The lowest BCUT2D eigenvalue weighted by Crippen LogP contribution is -2.50. The molecule has 0 aromatic rings. The first-order valence-electron chi connectivity index (χ1n) is 8.30. The van der Waals surface area contributed by atoms with Crippen LogP contribution in [-0.4, -0.2) is 52.0 Å². The number of hydrogen-bond donors (Lipinski definition) is 2. The number of carbonyl (C=O) groups is 3. The van der Waals surface area contributed by atoms with Gasteiger partial charge < -0.3 is 15.3 Å². The van der Waals surface area contributed by atoms with Crippen LogP contribution in [0.1, 0.15) is 52.9 Å². The maximum atomic E-state index is 12.4. The minimum atomic E-state index is -0.932. The Bertz CT molecular complexity index is 438. The number of carboxylic acids is 1. The SMILES string of the molecule is CCCCC(=O)N1CSCC1C(=O)NCC(CC)(CC)C(=O)O. The first-order valence-corrected chi connectivity index (χ1v) is 9.45. The van der Waals surface area contributed by atoms with Crippen LogP contribution < -0.4 is 5.32 Å². The van der Waals surface area contributed by atoms with Gasteiger partial charge in [0.25, 0.3) is 0 Å². The number of amides is 2. The second kappa shape index (κ2) is 9.15. The third-order valence-corrected chi connectivity index (χ3v) is 5.67. The van der Waals surface area contributed by atoms with Crippen molar-refractivity contribution in [3.63, 3.8) is 0 Å². The fraction of sp³-hybridized carbons (Fsp3) is 0.812. The molecule has 0 aliphatic carbocycles. The summed E-state index contributed by atoms with van der Waals surface area (Å²) in [6.45, 7) is 5.76. The molecule has 1 unspecified atom stereocenters. The molecule has 0 aromatic heterocycles. The topological polar surface area (TPSA) is 86.7 Å². The Balaban J connectivity index is 2.65. The lowest BCUT2D eigenvalue weighted by atomic mass is 9.82. The van der Waals surface area contributed by atoms with Gasteiger partial charge in [-0.05, 0) is 19.3 Å². The molecular formula is C16H28N2O4S. The summed E-state index contributed by atoms with van der Waals surface area (Å²) in [6, 6.07) is -0.482. The van der Waals surface area contributed by atoms with E-state index in [9.17, 15) is 19.5 Å². The van der Waals surface area contributed by atoms with E-state index in [1.165, 1.54) is 0 Å². The van der Waals surface area contributed by atoms with Gasteiger partial charge in [0.15, 0.2) is 0 Å². The van der Waals surface area contributed by atoms with Crippen molar-refractivity contribution in [1.82, 2.24) is 10.2 Å². The van der Waals surface area contributed by atoms with Crippen molar-refractivity contribution in [2.24, 2.45) is 5.41 Å². The second-order valence-corrected chi connectivity index (χ2v) is 6.99. The van der Waals surface area contributed by atoms with E-state index in [4.69, 9.17) is 0 Å². The summed E-state index contributed by atoms with van der Waals surface area (Å²) in [5, 5.41) is 12.2. The molecular weight excluding hydrogens is 316 g/mol. The molecule has 0 bridgehead atoms. The number of thioether (sulfide) groups is 1. The quantitative estimate of drug-likeness (QED) is 0.669. The number of aliphatic carboxylic acids is 1.